The van der Waals surface area contributed by atoms with Crippen LogP contribution in [0.15, 0.2) is 24.6 Å². The molecule has 0 fully saturated rings. The first-order chi connectivity index (χ1) is 4.72. The van der Waals surface area contributed by atoms with Crippen molar-refractivity contribution in [3.63, 3.8) is 0 Å². The number of carbonyl (C=O) groups is 1. The second-order valence-corrected chi connectivity index (χ2v) is 1.89. The van der Waals surface area contributed by atoms with Crippen molar-refractivity contribution >= 4 is 15.3 Å². The molecule has 1 amide bonds. The van der Waals surface area contributed by atoms with Crippen LogP contribution in [0.4, 0.5) is 0 Å². The van der Waals surface area contributed by atoms with Crippen molar-refractivity contribution in [2.45, 2.75) is 6.92 Å². The van der Waals surface area contributed by atoms with E-state index >= 15 is 0 Å². The lowest BCUT2D eigenvalue weighted by molar-refractivity contribution is -0.116. The summed E-state index contributed by atoms with van der Waals surface area (Å²) in [5, 5.41) is 5.04. The van der Waals surface area contributed by atoms with Crippen LogP contribution in [0.3, 0.4) is 0 Å². The summed E-state index contributed by atoms with van der Waals surface area (Å²) in [4.78, 5) is 10.8. The summed E-state index contributed by atoms with van der Waals surface area (Å²) in [5.74, 6) is -0.229. The SMILES string of the molecule is C=C(NP)C(=O)N/C=C\C. The Morgan fingerprint density at radius 3 is 2.70 bits per heavy atom. The maximum atomic E-state index is 10.8. The Balaban J connectivity index is 3.74. The van der Waals surface area contributed by atoms with Crippen molar-refractivity contribution in [3.05, 3.63) is 24.6 Å². The summed E-state index contributed by atoms with van der Waals surface area (Å²) in [6.07, 6.45) is 3.28. The van der Waals surface area contributed by atoms with Gasteiger partial charge in [-0.2, -0.15) is 0 Å². The third-order valence-corrected chi connectivity index (χ3v) is 1.18. The quantitative estimate of drug-likeness (QED) is 0.464. The lowest BCUT2D eigenvalue weighted by Gasteiger charge is -2.00. The zero-order valence-corrected chi connectivity index (χ0v) is 7.00. The first-order valence-corrected chi connectivity index (χ1v) is 3.37. The van der Waals surface area contributed by atoms with Crippen LogP contribution in [-0.2, 0) is 4.79 Å². The van der Waals surface area contributed by atoms with Crippen LogP contribution < -0.4 is 10.4 Å². The highest BCUT2D eigenvalue weighted by molar-refractivity contribution is 7.14. The second kappa shape index (κ2) is 5.00. The van der Waals surface area contributed by atoms with Gasteiger partial charge in [0.05, 0.1) is 5.70 Å². The van der Waals surface area contributed by atoms with Gasteiger partial charge in [0.25, 0.3) is 5.91 Å². The molecule has 0 rings (SSSR count). The summed E-state index contributed by atoms with van der Waals surface area (Å²) < 4.78 is 0. The van der Waals surface area contributed by atoms with E-state index in [0.29, 0.717) is 5.70 Å². The van der Waals surface area contributed by atoms with Crippen LogP contribution in [0, 0.1) is 0 Å². The topological polar surface area (TPSA) is 41.1 Å². The van der Waals surface area contributed by atoms with Gasteiger partial charge in [-0.3, -0.25) is 4.79 Å². The van der Waals surface area contributed by atoms with Crippen molar-refractivity contribution in [3.8, 4) is 0 Å². The van der Waals surface area contributed by atoms with Crippen molar-refractivity contribution in [2.75, 3.05) is 0 Å². The Bertz CT molecular complexity index is 165. The normalized spacial score (nSPS) is 9.40. The molecule has 0 aliphatic carbocycles. The number of carbonyl (C=O) groups excluding carboxylic acids is 1. The molecule has 3 nitrogen and oxygen atoms in total. The van der Waals surface area contributed by atoms with Gasteiger partial charge in [0, 0.05) is 0 Å². The van der Waals surface area contributed by atoms with Crippen molar-refractivity contribution in [2.24, 2.45) is 0 Å². The average molecular weight is 158 g/mol. The molecule has 0 aliphatic rings. The van der Waals surface area contributed by atoms with E-state index in [0.717, 1.165) is 0 Å². The molecule has 2 N–H and O–H groups in total. The fraction of sp³-hybridized carbons (Fsp3) is 0.167. The van der Waals surface area contributed by atoms with E-state index in [4.69, 9.17) is 0 Å². The first-order valence-electron chi connectivity index (χ1n) is 2.80. The molecule has 0 saturated carbocycles. The van der Waals surface area contributed by atoms with E-state index < -0.39 is 0 Å². The van der Waals surface area contributed by atoms with Gasteiger partial charge < -0.3 is 10.4 Å². The molecule has 0 aromatic heterocycles. The highest BCUT2D eigenvalue weighted by Gasteiger charge is 1.99. The monoisotopic (exact) mass is 158 g/mol. The fourth-order valence-corrected chi connectivity index (χ4v) is 0.443. The molecule has 0 bridgehead atoms. The molecule has 0 aromatic carbocycles. The highest BCUT2D eigenvalue weighted by atomic mass is 31.0. The standard InChI is InChI=1S/C6H11N2OP/c1-3-4-7-6(9)5(2)8-10/h3-4,8H,2,10H2,1H3,(H,7,9)/b4-3-. The minimum Gasteiger partial charge on any atom is -0.366 e. The van der Waals surface area contributed by atoms with Crippen molar-refractivity contribution in [1.82, 2.24) is 10.4 Å². The van der Waals surface area contributed by atoms with E-state index in [1.165, 1.54) is 0 Å². The predicted octanol–water partition coefficient (Wildman–Crippen LogP) is 0.530. The molecule has 4 heteroatoms. The molecule has 0 aromatic rings. The Labute approximate surface area is 62.8 Å². The summed E-state index contributed by atoms with van der Waals surface area (Å²) in [6, 6.07) is 0. The minimum absolute atomic E-state index is 0.229. The maximum absolute atomic E-state index is 10.8. The third-order valence-electron chi connectivity index (χ3n) is 0.829. The first kappa shape index (κ1) is 9.18. The summed E-state index contributed by atoms with van der Waals surface area (Å²) in [7, 11) is 2.19. The smallest absolute Gasteiger partial charge is 0.270 e. The Morgan fingerprint density at radius 1 is 1.70 bits per heavy atom. The van der Waals surface area contributed by atoms with Gasteiger partial charge in [0.2, 0.25) is 0 Å². The molecule has 10 heavy (non-hydrogen) atoms. The number of rotatable bonds is 3. The second-order valence-electron chi connectivity index (χ2n) is 1.60. The molecule has 0 radical (unpaired) electrons. The highest BCUT2D eigenvalue weighted by Crippen LogP contribution is 1.86. The summed E-state index contributed by atoms with van der Waals surface area (Å²) in [6.45, 7) is 5.26. The third kappa shape index (κ3) is 3.25. The van der Waals surface area contributed by atoms with Crippen LogP contribution >= 0.6 is 9.39 Å². The molecule has 0 spiro atoms. The van der Waals surface area contributed by atoms with Gasteiger partial charge in [0.1, 0.15) is 0 Å². The molecular weight excluding hydrogens is 147 g/mol. The summed E-state index contributed by atoms with van der Waals surface area (Å²) in [5.41, 5.74) is 0.322. The lowest BCUT2D eigenvalue weighted by Crippen LogP contribution is -2.22. The number of allylic oxidation sites excluding steroid dienone is 1. The van der Waals surface area contributed by atoms with Gasteiger partial charge in [-0.1, -0.05) is 12.7 Å². The largest absolute Gasteiger partial charge is 0.366 e. The van der Waals surface area contributed by atoms with Crippen molar-refractivity contribution < 1.29 is 4.79 Å². The molecule has 56 valence electrons. The summed E-state index contributed by atoms with van der Waals surface area (Å²) >= 11 is 0. The van der Waals surface area contributed by atoms with E-state index in [1.54, 1.807) is 12.3 Å². The van der Waals surface area contributed by atoms with Crippen LogP contribution in [-0.4, -0.2) is 5.91 Å². The molecule has 0 saturated heterocycles. The number of nitrogens with one attached hydrogen (secondary N) is 2. The molecule has 0 heterocycles. The van der Waals surface area contributed by atoms with Gasteiger partial charge in [-0.05, 0) is 22.5 Å². The van der Waals surface area contributed by atoms with Crippen LogP contribution in [0.25, 0.3) is 0 Å². The molecule has 0 aliphatic heterocycles. The van der Waals surface area contributed by atoms with E-state index in [1.807, 2.05) is 6.92 Å². The Morgan fingerprint density at radius 2 is 2.30 bits per heavy atom. The molecule has 1 unspecified atom stereocenters. The molecule has 1 atom stereocenters. The lowest BCUT2D eigenvalue weighted by atomic mass is 10.5. The fourth-order valence-electron chi connectivity index (χ4n) is 0.312. The number of hydrogen-bond donors (Lipinski definition) is 2. The number of amides is 1. The van der Waals surface area contributed by atoms with Gasteiger partial charge in [0.15, 0.2) is 0 Å². The van der Waals surface area contributed by atoms with Crippen LogP contribution in [0.5, 0.6) is 0 Å². The zero-order chi connectivity index (χ0) is 7.98. The van der Waals surface area contributed by atoms with Crippen molar-refractivity contribution in [1.29, 1.82) is 0 Å². The van der Waals surface area contributed by atoms with E-state index in [9.17, 15) is 4.79 Å². The minimum atomic E-state index is -0.229. The predicted molar refractivity (Wildman–Crippen MR) is 44.9 cm³/mol. The van der Waals surface area contributed by atoms with Gasteiger partial charge in [-0.15, -0.1) is 0 Å². The maximum Gasteiger partial charge on any atom is 0.270 e. The zero-order valence-electron chi connectivity index (χ0n) is 5.85. The van der Waals surface area contributed by atoms with Crippen LogP contribution in [0.1, 0.15) is 6.92 Å². The Hall–Kier alpha value is -0.820. The number of hydrogen-bond acceptors (Lipinski definition) is 2. The molecular formula is C6H11N2OP. The Kier molecular flexibility index (Phi) is 4.59. The van der Waals surface area contributed by atoms with E-state index in [2.05, 4.69) is 26.4 Å². The van der Waals surface area contributed by atoms with Crippen LogP contribution in [0.2, 0.25) is 0 Å². The average Bonchev–Trinajstić information content (AvgIpc) is 1.98. The van der Waals surface area contributed by atoms with Gasteiger partial charge >= 0.3 is 0 Å². The van der Waals surface area contributed by atoms with Gasteiger partial charge in [-0.25, -0.2) is 0 Å². The van der Waals surface area contributed by atoms with E-state index in [-0.39, 0.29) is 5.91 Å².